The Morgan fingerprint density at radius 2 is 2.24 bits per heavy atom. The molecule has 1 heterocycles. The maximum atomic E-state index is 5.56. The number of hydrogen-bond acceptors (Lipinski definition) is 3. The monoisotopic (exact) mass is 234 g/mol. The summed E-state index contributed by atoms with van der Waals surface area (Å²) in [5, 5.41) is 3.67. The van der Waals surface area contributed by atoms with Gasteiger partial charge >= 0.3 is 0 Å². The highest BCUT2D eigenvalue weighted by molar-refractivity contribution is 5.13. The first-order valence-corrected chi connectivity index (χ1v) is 6.50. The van der Waals surface area contributed by atoms with Crippen LogP contribution in [-0.4, -0.2) is 24.2 Å². The molecule has 94 valence electrons. The highest BCUT2D eigenvalue weighted by atomic mass is 16.5. The summed E-state index contributed by atoms with van der Waals surface area (Å²) in [6, 6.07) is 4.92. The zero-order valence-electron chi connectivity index (χ0n) is 10.7. The molecule has 0 saturated heterocycles. The van der Waals surface area contributed by atoms with Gasteiger partial charge in [-0.15, -0.1) is 0 Å². The van der Waals surface area contributed by atoms with Gasteiger partial charge in [0.1, 0.15) is 0 Å². The molecule has 0 radical (unpaired) electrons. The quantitative estimate of drug-likeness (QED) is 0.869. The van der Waals surface area contributed by atoms with Gasteiger partial charge in [0.25, 0.3) is 0 Å². The third kappa shape index (κ3) is 3.27. The van der Waals surface area contributed by atoms with Gasteiger partial charge in [0, 0.05) is 31.6 Å². The number of nitrogens with one attached hydrogen (secondary N) is 1. The summed E-state index contributed by atoms with van der Waals surface area (Å²) in [7, 11) is 1.82. The number of methoxy groups -OCH3 is 1. The SMILES string of the molecule is COC1CCCCC1N[C@@H](C)c1cccnc1. The van der Waals surface area contributed by atoms with E-state index < -0.39 is 0 Å². The van der Waals surface area contributed by atoms with Crippen LogP contribution in [0.15, 0.2) is 24.5 Å². The Labute approximate surface area is 104 Å². The minimum absolute atomic E-state index is 0.337. The fourth-order valence-electron chi connectivity index (χ4n) is 2.62. The first-order valence-electron chi connectivity index (χ1n) is 6.50. The van der Waals surface area contributed by atoms with Crippen molar-refractivity contribution in [2.75, 3.05) is 7.11 Å². The summed E-state index contributed by atoms with van der Waals surface area (Å²) in [6.45, 7) is 2.19. The van der Waals surface area contributed by atoms with E-state index in [-0.39, 0.29) is 0 Å². The molecule has 1 aliphatic rings. The van der Waals surface area contributed by atoms with Crippen molar-refractivity contribution in [1.82, 2.24) is 10.3 Å². The summed E-state index contributed by atoms with van der Waals surface area (Å²) in [5.41, 5.74) is 1.24. The second kappa shape index (κ2) is 6.12. The Morgan fingerprint density at radius 3 is 2.94 bits per heavy atom. The van der Waals surface area contributed by atoms with E-state index in [0.717, 1.165) is 0 Å². The minimum atomic E-state index is 0.337. The molecule has 2 unspecified atom stereocenters. The molecule has 3 heteroatoms. The molecule has 0 spiro atoms. The number of nitrogens with zero attached hydrogens (tertiary/aromatic N) is 1. The number of aromatic nitrogens is 1. The van der Waals surface area contributed by atoms with Crippen molar-refractivity contribution in [2.24, 2.45) is 0 Å². The van der Waals surface area contributed by atoms with Crippen LogP contribution < -0.4 is 5.32 Å². The van der Waals surface area contributed by atoms with Crippen LogP contribution in [0.2, 0.25) is 0 Å². The Morgan fingerprint density at radius 1 is 1.41 bits per heavy atom. The second-order valence-corrected chi connectivity index (χ2v) is 4.84. The molecule has 1 N–H and O–H groups in total. The molecule has 3 nitrogen and oxygen atoms in total. The van der Waals surface area contributed by atoms with Crippen molar-refractivity contribution in [3.05, 3.63) is 30.1 Å². The zero-order valence-corrected chi connectivity index (χ0v) is 10.7. The van der Waals surface area contributed by atoms with E-state index in [1.807, 2.05) is 25.6 Å². The third-order valence-corrected chi connectivity index (χ3v) is 3.65. The normalized spacial score (nSPS) is 26.7. The molecule has 1 fully saturated rings. The van der Waals surface area contributed by atoms with Crippen LogP contribution in [0.25, 0.3) is 0 Å². The fourth-order valence-corrected chi connectivity index (χ4v) is 2.62. The van der Waals surface area contributed by atoms with Crippen molar-refractivity contribution >= 4 is 0 Å². The Hall–Kier alpha value is -0.930. The van der Waals surface area contributed by atoms with Crippen LogP contribution in [0.1, 0.15) is 44.2 Å². The molecule has 1 saturated carbocycles. The van der Waals surface area contributed by atoms with E-state index in [9.17, 15) is 0 Å². The van der Waals surface area contributed by atoms with Crippen LogP contribution in [0, 0.1) is 0 Å². The average Bonchev–Trinajstić information content (AvgIpc) is 2.40. The van der Waals surface area contributed by atoms with Crippen LogP contribution in [-0.2, 0) is 4.74 Å². The lowest BCUT2D eigenvalue weighted by atomic mass is 9.91. The molecule has 17 heavy (non-hydrogen) atoms. The molecule has 3 atom stereocenters. The van der Waals surface area contributed by atoms with Gasteiger partial charge in [0.2, 0.25) is 0 Å². The van der Waals surface area contributed by atoms with Crippen molar-refractivity contribution in [1.29, 1.82) is 0 Å². The lowest BCUT2D eigenvalue weighted by Gasteiger charge is -2.33. The van der Waals surface area contributed by atoms with E-state index in [0.29, 0.717) is 18.2 Å². The summed E-state index contributed by atoms with van der Waals surface area (Å²) in [6.07, 6.45) is 9.09. The number of pyridine rings is 1. The van der Waals surface area contributed by atoms with Crippen molar-refractivity contribution in [3.63, 3.8) is 0 Å². The number of rotatable bonds is 4. The van der Waals surface area contributed by atoms with Gasteiger partial charge in [-0.2, -0.15) is 0 Å². The summed E-state index contributed by atoms with van der Waals surface area (Å²) >= 11 is 0. The highest BCUT2D eigenvalue weighted by Gasteiger charge is 2.26. The predicted molar refractivity (Wildman–Crippen MR) is 68.8 cm³/mol. The summed E-state index contributed by atoms with van der Waals surface area (Å²) in [5.74, 6) is 0. The largest absolute Gasteiger partial charge is 0.380 e. The molecule has 1 aromatic rings. The molecule has 1 aliphatic carbocycles. The summed E-state index contributed by atoms with van der Waals surface area (Å²) in [4.78, 5) is 4.17. The third-order valence-electron chi connectivity index (χ3n) is 3.65. The molecular formula is C14H22N2O. The van der Waals surface area contributed by atoms with E-state index in [1.165, 1.54) is 31.2 Å². The molecule has 0 aromatic carbocycles. The standard InChI is InChI=1S/C14H22N2O/c1-11(12-6-5-9-15-10-12)16-13-7-3-4-8-14(13)17-2/h5-6,9-11,13-14,16H,3-4,7-8H2,1-2H3/t11-,13?,14?/m0/s1. The van der Waals surface area contributed by atoms with Crippen molar-refractivity contribution < 1.29 is 4.74 Å². The molecular weight excluding hydrogens is 212 g/mol. The fraction of sp³-hybridized carbons (Fsp3) is 0.643. The average molecular weight is 234 g/mol. The second-order valence-electron chi connectivity index (χ2n) is 4.84. The zero-order chi connectivity index (χ0) is 12.1. The van der Waals surface area contributed by atoms with Crippen LogP contribution in [0.3, 0.4) is 0 Å². The maximum absolute atomic E-state index is 5.56. The van der Waals surface area contributed by atoms with Gasteiger partial charge in [-0.3, -0.25) is 4.98 Å². The number of ether oxygens (including phenoxy) is 1. The van der Waals surface area contributed by atoms with Crippen molar-refractivity contribution in [3.8, 4) is 0 Å². The first kappa shape index (κ1) is 12.5. The van der Waals surface area contributed by atoms with E-state index in [4.69, 9.17) is 4.74 Å². The maximum Gasteiger partial charge on any atom is 0.0724 e. The molecule has 0 bridgehead atoms. The minimum Gasteiger partial charge on any atom is -0.380 e. The van der Waals surface area contributed by atoms with Crippen LogP contribution >= 0.6 is 0 Å². The smallest absolute Gasteiger partial charge is 0.0724 e. The van der Waals surface area contributed by atoms with E-state index >= 15 is 0 Å². The Balaban J connectivity index is 1.95. The van der Waals surface area contributed by atoms with Crippen LogP contribution in [0.5, 0.6) is 0 Å². The first-order chi connectivity index (χ1) is 8.31. The Kier molecular flexibility index (Phi) is 4.51. The van der Waals surface area contributed by atoms with Gasteiger partial charge in [-0.25, -0.2) is 0 Å². The number of hydrogen-bond donors (Lipinski definition) is 1. The lowest BCUT2D eigenvalue weighted by Crippen LogP contribution is -2.44. The molecule has 0 amide bonds. The van der Waals surface area contributed by atoms with Gasteiger partial charge in [0.15, 0.2) is 0 Å². The van der Waals surface area contributed by atoms with Gasteiger partial charge in [0.05, 0.1) is 6.10 Å². The van der Waals surface area contributed by atoms with Gasteiger partial charge in [-0.05, 0) is 31.4 Å². The molecule has 0 aliphatic heterocycles. The highest BCUT2D eigenvalue weighted by Crippen LogP contribution is 2.23. The lowest BCUT2D eigenvalue weighted by molar-refractivity contribution is 0.0384. The predicted octanol–water partition coefficient (Wildman–Crippen LogP) is 2.69. The topological polar surface area (TPSA) is 34.1 Å². The van der Waals surface area contributed by atoms with Crippen molar-refractivity contribution in [2.45, 2.75) is 50.8 Å². The van der Waals surface area contributed by atoms with Gasteiger partial charge in [-0.1, -0.05) is 18.9 Å². The molecule has 1 aromatic heterocycles. The molecule has 2 rings (SSSR count). The van der Waals surface area contributed by atoms with Gasteiger partial charge < -0.3 is 10.1 Å². The van der Waals surface area contributed by atoms with Crippen LogP contribution in [0.4, 0.5) is 0 Å². The van der Waals surface area contributed by atoms with E-state index in [1.54, 1.807) is 0 Å². The Bertz CT molecular complexity index is 328. The van der Waals surface area contributed by atoms with E-state index in [2.05, 4.69) is 23.3 Å². The summed E-state index contributed by atoms with van der Waals surface area (Å²) < 4.78 is 5.56.